The van der Waals surface area contributed by atoms with E-state index in [0.29, 0.717) is 25.1 Å². The number of likely N-dealkylation sites (tertiary alicyclic amines) is 1. The second-order valence-corrected chi connectivity index (χ2v) is 6.66. The number of aryl methyl sites for hydroxylation is 1. The average molecular weight is 344 g/mol. The highest BCUT2D eigenvalue weighted by molar-refractivity contribution is 5.43. The third kappa shape index (κ3) is 4.11. The summed E-state index contributed by atoms with van der Waals surface area (Å²) in [7, 11) is 0. The highest BCUT2D eigenvalue weighted by Crippen LogP contribution is 2.30. The van der Waals surface area contributed by atoms with Gasteiger partial charge in [-0.15, -0.1) is 0 Å². The van der Waals surface area contributed by atoms with E-state index in [1.807, 2.05) is 13.0 Å². The van der Waals surface area contributed by atoms with Crippen molar-refractivity contribution in [2.75, 3.05) is 26.3 Å². The van der Waals surface area contributed by atoms with Gasteiger partial charge in [0.15, 0.2) is 17.3 Å². The Hall–Kier alpha value is -2.12. The van der Waals surface area contributed by atoms with Crippen LogP contribution in [0.5, 0.6) is 11.5 Å². The van der Waals surface area contributed by atoms with Crippen molar-refractivity contribution in [3.05, 3.63) is 35.5 Å². The quantitative estimate of drug-likeness (QED) is 0.888. The third-order valence-electron chi connectivity index (χ3n) is 4.64. The van der Waals surface area contributed by atoms with Crippen LogP contribution in [0.3, 0.4) is 0 Å². The lowest BCUT2D eigenvalue weighted by Gasteiger charge is -2.32. The predicted molar refractivity (Wildman–Crippen MR) is 91.6 cm³/mol. The van der Waals surface area contributed by atoms with Crippen LogP contribution in [0.1, 0.15) is 30.1 Å². The van der Waals surface area contributed by atoms with Gasteiger partial charge in [0.25, 0.3) is 0 Å². The van der Waals surface area contributed by atoms with Crippen molar-refractivity contribution in [3.63, 3.8) is 0 Å². The molecule has 1 saturated heterocycles. The zero-order valence-electron chi connectivity index (χ0n) is 14.5. The summed E-state index contributed by atoms with van der Waals surface area (Å²) in [5.41, 5.74) is 1.22. The molecule has 1 aromatic heterocycles. The number of fused-ring (bicyclic) bond motifs is 1. The molecule has 0 spiro atoms. The summed E-state index contributed by atoms with van der Waals surface area (Å²) in [4.78, 5) is 6.68. The molecule has 134 valence electrons. The maximum absolute atomic E-state index is 5.66. The summed E-state index contributed by atoms with van der Waals surface area (Å²) in [6.07, 6.45) is 2.36. The second kappa shape index (κ2) is 7.41. The zero-order valence-corrected chi connectivity index (χ0v) is 14.5. The van der Waals surface area contributed by atoms with Crippen molar-refractivity contribution in [2.24, 2.45) is 0 Å². The fourth-order valence-corrected chi connectivity index (χ4v) is 3.43. The molecule has 4 rings (SSSR count). The van der Waals surface area contributed by atoms with Crippen molar-refractivity contribution < 1.29 is 14.0 Å². The molecule has 2 aromatic rings. The molecule has 7 heteroatoms. The minimum atomic E-state index is 0.468. The Morgan fingerprint density at radius 2 is 2.12 bits per heavy atom. The second-order valence-electron chi connectivity index (χ2n) is 6.66. The van der Waals surface area contributed by atoms with E-state index < -0.39 is 0 Å². The lowest BCUT2D eigenvalue weighted by Crippen LogP contribution is -2.45. The van der Waals surface area contributed by atoms with Gasteiger partial charge in [-0.3, -0.25) is 4.90 Å². The van der Waals surface area contributed by atoms with Gasteiger partial charge >= 0.3 is 0 Å². The Bertz CT molecular complexity index is 718. The monoisotopic (exact) mass is 344 g/mol. The first-order valence-electron chi connectivity index (χ1n) is 8.90. The number of hydrogen-bond acceptors (Lipinski definition) is 7. The largest absolute Gasteiger partial charge is 0.486 e. The predicted octanol–water partition coefficient (Wildman–Crippen LogP) is 1.90. The molecule has 7 nitrogen and oxygen atoms in total. The number of nitrogens with one attached hydrogen (secondary N) is 1. The number of piperidine rings is 1. The highest BCUT2D eigenvalue weighted by Gasteiger charge is 2.21. The molecule has 0 saturated carbocycles. The molecular formula is C18H24N4O3. The summed E-state index contributed by atoms with van der Waals surface area (Å²) in [6, 6.07) is 6.64. The summed E-state index contributed by atoms with van der Waals surface area (Å²) in [5.74, 6) is 3.09. The standard InChI is InChI=1S/C18H24N4O3/c1-13-20-18(21-25-13)12-22-6-2-3-15(11-22)19-10-14-4-5-16-17(9-14)24-8-7-23-16/h4-5,9,15,19H,2-3,6-8,10-12H2,1H3/t15-/m1/s1. The van der Waals surface area contributed by atoms with Gasteiger partial charge in [-0.2, -0.15) is 4.98 Å². The van der Waals surface area contributed by atoms with E-state index in [0.717, 1.165) is 43.5 Å². The van der Waals surface area contributed by atoms with E-state index in [1.54, 1.807) is 0 Å². The number of benzene rings is 1. The minimum Gasteiger partial charge on any atom is -0.486 e. The van der Waals surface area contributed by atoms with E-state index in [9.17, 15) is 0 Å². The van der Waals surface area contributed by atoms with Crippen molar-refractivity contribution >= 4 is 0 Å². The van der Waals surface area contributed by atoms with Crippen molar-refractivity contribution in [1.82, 2.24) is 20.4 Å². The summed E-state index contributed by atoms with van der Waals surface area (Å²) >= 11 is 0. The molecule has 1 aromatic carbocycles. The number of ether oxygens (including phenoxy) is 2. The average Bonchev–Trinajstić information content (AvgIpc) is 3.05. The van der Waals surface area contributed by atoms with Crippen LogP contribution in [-0.2, 0) is 13.1 Å². The molecule has 2 aliphatic rings. The van der Waals surface area contributed by atoms with Crippen LogP contribution in [0.25, 0.3) is 0 Å². The lowest BCUT2D eigenvalue weighted by atomic mass is 10.1. The molecule has 0 amide bonds. The Morgan fingerprint density at radius 1 is 1.24 bits per heavy atom. The van der Waals surface area contributed by atoms with Crippen LogP contribution in [0.4, 0.5) is 0 Å². The number of nitrogens with zero attached hydrogens (tertiary/aromatic N) is 3. The van der Waals surface area contributed by atoms with E-state index >= 15 is 0 Å². The summed E-state index contributed by atoms with van der Waals surface area (Å²) in [6.45, 7) is 6.73. The molecule has 1 fully saturated rings. The topological polar surface area (TPSA) is 72.7 Å². The van der Waals surface area contributed by atoms with Crippen LogP contribution in [0, 0.1) is 6.92 Å². The van der Waals surface area contributed by atoms with Gasteiger partial charge in [-0.25, -0.2) is 0 Å². The number of aromatic nitrogens is 2. The molecule has 0 aliphatic carbocycles. The molecule has 1 atom stereocenters. The van der Waals surface area contributed by atoms with Crippen molar-refractivity contribution in [1.29, 1.82) is 0 Å². The molecule has 25 heavy (non-hydrogen) atoms. The van der Waals surface area contributed by atoms with Gasteiger partial charge in [0, 0.05) is 26.1 Å². The van der Waals surface area contributed by atoms with E-state index in [2.05, 4.69) is 32.5 Å². The number of rotatable bonds is 5. The Balaban J connectivity index is 1.30. The fraction of sp³-hybridized carbons (Fsp3) is 0.556. The maximum Gasteiger partial charge on any atom is 0.223 e. The van der Waals surface area contributed by atoms with Crippen LogP contribution in [0.15, 0.2) is 22.7 Å². The molecule has 1 N–H and O–H groups in total. The van der Waals surface area contributed by atoms with Gasteiger partial charge in [-0.05, 0) is 37.1 Å². The van der Waals surface area contributed by atoms with Crippen molar-refractivity contribution in [3.8, 4) is 11.5 Å². The minimum absolute atomic E-state index is 0.468. The van der Waals surface area contributed by atoms with Gasteiger partial charge < -0.3 is 19.3 Å². The van der Waals surface area contributed by atoms with Crippen LogP contribution < -0.4 is 14.8 Å². The Morgan fingerprint density at radius 3 is 2.96 bits per heavy atom. The molecule has 0 bridgehead atoms. The van der Waals surface area contributed by atoms with E-state index in [-0.39, 0.29) is 0 Å². The highest BCUT2D eigenvalue weighted by atomic mass is 16.6. The van der Waals surface area contributed by atoms with Gasteiger partial charge in [0.1, 0.15) is 13.2 Å². The fourth-order valence-electron chi connectivity index (χ4n) is 3.43. The van der Waals surface area contributed by atoms with Crippen LogP contribution >= 0.6 is 0 Å². The SMILES string of the molecule is Cc1nc(CN2CCC[C@@H](NCc3ccc4c(c3)OCCO4)C2)no1. The first-order chi connectivity index (χ1) is 12.3. The first-order valence-corrected chi connectivity index (χ1v) is 8.90. The van der Waals surface area contributed by atoms with Crippen molar-refractivity contribution in [2.45, 2.75) is 38.9 Å². The Kier molecular flexibility index (Phi) is 4.85. The van der Waals surface area contributed by atoms with Gasteiger partial charge in [0.2, 0.25) is 5.89 Å². The van der Waals surface area contributed by atoms with E-state index in [1.165, 1.54) is 18.4 Å². The van der Waals surface area contributed by atoms with E-state index in [4.69, 9.17) is 14.0 Å². The van der Waals surface area contributed by atoms with Crippen LogP contribution in [0.2, 0.25) is 0 Å². The third-order valence-corrected chi connectivity index (χ3v) is 4.64. The normalized spacial score (nSPS) is 20.6. The summed E-state index contributed by atoms with van der Waals surface area (Å²) in [5, 5.41) is 7.66. The number of hydrogen-bond donors (Lipinski definition) is 1. The molecule has 0 radical (unpaired) electrons. The molecule has 2 aliphatic heterocycles. The maximum atomic E-state index is 5.66. The Labute approximate surface area is 147 Å². The van der Waals surface area contributed by atoms with Gasteiger partial charge in [0.05, 0.1) is 6.54 Å². The molecule has 0 unspecified atom stereocenters. The summed E-state index contributed by atoms with van der Waals surface area (Å²) < 4.78 is 16.3. The molecular weight excluding hydrogens is 320 g/mol. The molecule has 3 heterocycles. The lowest BCUT2D eigenvalue weighted by molar-refractivity contribution is 0.170. The smallest absolute Gasteiger partial charge is 0.223 e. The van der Waals surface area contributed by atoms with Crippen LogP contribution in [-0.4, -0.2) is 47.4 Å². The zero-order chi connectivity index (χ0) is 17.1. The van der Waals surface area contributed by atoms with Gasteiger partial charge in [-0.1, -0.05) is 11.2 Å². The first kappa shape index (κ1) is 16.4.